The largest absolute Gasteiger partial charge is 0.458 e. The van der Waals surface area contributed by atoms with E-state index in [0.29, 0.717) is 17.6 Å². The van der Waals surface area contributed by atoms with Crippen LogP contribution in [0.15, 0.2) is 53.6 Å². The van der Waals surface area contributed by atoms with E-state index in [1.54, 1.807) is 24.3 Å². The maximum absolute atomic E-state index is 13.7. The number of rotatable bonds is 6. The van der Waals surface area contributed by atoms with Crippen molar-refractivity contribution < 1.29 is 43.5 Å². The first kappa shape index (κ1) is 30.9. The Morgan fingerprint density at radius 1 is 1.07 bits per heavy atom. The molecule has 2 aliphatic carbocycles. The second kappa shape index (κ2) is 10.9. The van der Waals surface area contributed by atoms with Crippen molar-refractivity contribution in [2.45, 2.75) is 103 Å². The standard InChI is InChI=1S/C33H44O9/c1-19(22(36)14-16-34)25-26-28(42-31(5,6)41-26)32(7)15-13-24-33(18-38-24,40-20(2)35)27(32)23(17-30(25,3)4)39-29(37)21-11-9-8-10-12-21/h8-13,15,22-24,26-28,34,36H,14,16-18H2,1-7H3/b25-19-/t22-,23+,24+,26+,27-,28+,32+,33-/m0/s1. The van der Waals surface area contributed by atoms with Gasteiger partial charge in [0, 0.05) is 25.4 Å². The van der Waals surface area contributed by atoms with Gasteiger partial charge in [-0.25, -0.2) is 4.79 Å². The van der Waals surface area contributed by atoms with Gasteiger partial charge in [0.05, 0.1) is 24.2 Å². The van der Waals surface area contributed by atoms with Crippen LogP contribution in [0.25, 0.3) is 0 Å². The third-order valence-electron chi connectivity index (χ3n) is 9.53. The van der Waals surface area contributed by atoms with Crippen molar-refractivity contribution in [2.24, 2.45) is 16.7 Å². The Kier molecular flexibility index (Phi) is 7.99. The van der Waals surface area contributed by atoms with E-state index in [2.05, 4.69) is 0 Å². The molecule has 1 aromatic rings. The molecule has 0 spiro atoms. The summed E-state index contributed by atoms with van der Waals surface area (Å²) in [5.74, 6) is -2.44. The van der Waals surface area contributed by atoms with Crippen LogP contribution in [-0.2, 0) is 28.5 Å². The molecule has 230 valence electrons. The molecule has 1 aromatic carbocycles. The van der Waals surface area contributed by atoms with Crippen LogP contribution >= 0.6 is 0 Å². The van der Waals surface area contributed by atoms with Gasteiger partial charge in [-0.1, -0.05) is 51.1 Å². The van der Waals surface area contributed by atoms with Gasteiger partial charge in [-0.3, -0.25) is 4.79 Å². The first-order valence-corrected chi connectivity index (χ1v) is 14.8. The number of esters is 2. The van der Waals surface area contributed by atoms with E-state index in [1.807, 2.05) is 59.8 Å². The van der Waals surface area contributed by atoms with Crippen LogP contribution in [0, 0.1) is 16.7 Å². The first-order chi connectivity index (χ1) is 19.6. The summed E-state index contributed by atoms with van der Waals surface area (Å²) in [7, 11) is 0. The highest BCUT2D eigenvalue weighted by molar-refractivity contribution is 5.89. The van der Waals surface area contributed by atoms with Crippen molar-refractivity contribution >= 4 is 11.9 Å². The SMILES string of the molecule is CC(=O)O[C@@]12CO[C@@H]1C=C[C@@]1(C)[C@@H]3OC(C)(C)O[C@@H]3/C(=C(\C)[C@@H](O)CCO)C(C)(C)C[C@@H](OC(=O)c3ccccc3)[C@@H]12. The Hall–Kier alpha value is -2.56. The lowest BCUT2D eigenvalue weighted by atomic mass is 9.52. The minimum atomic E-state index is -1.08. The normalized spacial score (nSPS) is 38.0. The molecule has 9 nitrogen and oxygen atoms in total. The smallest absolute Gasteiger partial charge is 0.338 e. The Morgan fingerprint density at radius 2 is 1.76 bits per heavy atom. The van der Waals surface area contributed by atoms with Gasteiger partial charge in [0.15, 0.2) is 11.4 Å². The number of carbonyl (C=O) groups excluding carboxylic acids is 2. The topological polar surface area (TPSA) is 121 Å². The third kappa shape index (κ3) is 5.13. The van der Waals surface area contributed by atoms with Gasteiger partial charge in [-0.15, -0.1) is 0 Å². The van der Waals surface area contributed by atoms with E-state index in [4.69, 9.17) is 23.7 Å². The summed E-state index contributed by atoms with van der Waals surface area (Å²) < 4.78 is 31.9. The van der Waals surface area contributed by atoms with E-state index in [-0.39, 0.29) is 19.6 Å². The quantitative estimate of drug-likeness (QED) is 0.376. The molecule has 0 radical (unpaired) electrons. The molecule has 4 aliphatic rings. The van der Waals surface area contributed by atoms with E-state index in [9.17, 15) is 19.8 Å². The van der Waals surface area contributed by atoms with Gasteiger partial charge in [0.2, 0.25) is 0 Å². The number of benzene rings is 1. The zero-order valence-corrected chi connectivity index (χ0v) is 25.6. The van der Waals surface area contributed by atoms with Crippen LogP contribution in [0.4, 0.5) is 0 Å². The Labute approximate surface area is 247 Å². The fourth-order valence-electron chi connectivity index (χ4n) is 7.87. The molecule has 0 bridgehead atoms. The van der Waals surface area contributed by atoms with E-state index in [1.165, 1.54) is 6.92 Å². The van der Waals surface area contributed by atoms with Crippen molar-refractivity contribution in [2.75, 3.05) is 13.2 Å². The molecule has 2 aliphatic heterocycles. The number of aliphatic hydroxyl groups excluding tert-OH is 2. The molecular formula is C33H44O9. The maximum Gasteiger partial charge on any atom is 0.338 e. The summed E-state index contributed by atoms with van der Waals surface area (Å²) in [6, 6.07) is 8.82. The fourth-order valence-corrected chi connectivity index (χ4v) is 7.87. The average molecular weight is 585 g/mol. The Morgan fingerprint density at radius 3 is 2.36 bits per heavy atom. The zero-order chi connectivity index (χ0) is 30.7. The number of hydrogen-bond acceptors (Lipinski definition) is 9. The van der Waals surface area contributed by atoms with Crippen LogP contribution in [0.1, 0.15) is 71.7 Å². The molecule has 0 aromatic heterocycles. The summed E-state index contributed by atoms with van der Waals surface area (Å²) in [6.07, 6.45) is 1.17. The summed E-state index contributed by atoms with van der Waals surface area (Å²) in [5, 5.41) is 20.7. The highest BCUT2D eigenvalue weighted by atomic mass is 16.8. The fraction of sp³-hybridized carbons (Fsp3) is 0.636. The monoisotopic (exact) mass is 584 g/mol. The maximum atomic E-state index is 13.7. The van der Waals surface area contributed by atoms with Gasteiger partial charge < -0.3 is 33.9 Å². The summed E-state index contributed by atoms with van der Waals surface area (Å²) >= 11 is 0. The molecule has 2 saturated heterocycles. The van der Waals surface area contributed by atoms with Crippen molar-refractivity contribution in [3.63, 3.8) is 0 Å². The lowest BCUT2D eigenvalue weighted by molar-refractivity contribution is -0.297. The van der Waals surface area contributed by atoms with Gasteiger partial charge in [0.25, 0.3) is 0 Å². The zero-order valence-electron chi connectivity index (χ0n) is 25.6. The van der Waals surface area contributed by atoms with Crippen molar-refractivity contribution in [1.82, 2.24) is 0 Å². The number of ether oxygens (including phenoxy) is 5. The molecule has 8 atom stereocenters. The minimum absolute atomic E-state index is 0.153. The molecule has 0 amide bonds. The van der Waals surface area contributed by atoms with Crippen molar-refractivity contribution in [1.29, 1.82) is 0 Å². The predicted octanol–water partition coefficient (Wildman–Crippen LogP) is 4.11. The molecule has 42 heavy (non-hydrogen) atoms. The third-order valence-corrected chi connectivity index (χ3v) is 9.53. The van der Waals surface area contributed by atoms with Crippen LogP contribution in [0.2, 0.25) is 0 Å². The molecule has 9 heteroatoms. The molecule has 3 fully saturated rings. The van der Waals surface area contributed by atoms with E-state index in [0.717, 1.165) is 5.57 Å². The van der Waals surface area contributed by atoms with Crippen LogP contribution in [0.5, 0.6) is 0 Å². The lowest BCUT2D eigenvalue weighted by Crippen LogP contribution is -2.74. The first-order valence-electron chi connectivity index (χ1n) is 14.8. The highest BCUT2D eigenvalue weighted by Gasteiger charge is 2.71. The van der Waals surface area contributed by atoms with E-state index < -0.39 is 70.6 Å². The lowest BCUT2D eigenvalue weighted by Gasteiger charge is -2.62. The van der Waals surface area contributed by atoms with Crippen molar-refractivity contribution in [3.05, 3.63) is 59.2 Å². The summed E-state index contributed by atoms with van der Waals surface area (Å²) in [4.78, 5) is 26.3. The van der Waals surface area contributed by atoms with Gasteiger partial charge in [0.1, 0.15) is 24.4 Å². The van der Waals surface area contributed by atoms with Crippen LogP contribution in [0.3, 0.4) is 0 Å². The molecule has 2 N–H and O–H groups in total. The second-order valence-corrected chi connectivity index (χ2v) is 13.5. The van der Waals surface area contributed by atoms with Crippen molar-refractivity contribution in [3.8, 4) is 0 Å². The highest BCUT2D eigenvalue weighted by Crippen LogP contribution is 2.61. The van der Waals surface area contributed by atoms with Crippen LogP contribution in [-0.4, -0.2) is 77.3 Å². The van der Waals surface area contributed by atoms with Gasteiger partial charge in [-0.05, 0) is 55.9 Å². The second-order valence-electron chi connectivity index (χ2n) is 13.5. The average Bonchev–Trinajstić information content (AvgIpc) is 3.21. The number of carbonyl (C=O) groups is 2. The van der Waals surface area contributed by atoms with E-state index >= 15 is 0 Å². The Balaban J connectivity index is 1.73. The molecule has 0 unspecified atom stereocenters. The molecule has 1 saturated carbocycles. The number of aliphatic hydroxyl groups is 2. The Bertz CT molecular complexity index is 1270. The summed E-state index contributed by atoms with van der Waals surface area (Å²) in [6.45, 7) is 13.1. The molecular weight excluding hydrogens is 540 g/mol. The molecule has 5 rings (SSSR count). The predicted molar refractivity (Wildman–Crippen MR) is 153 cm³/mol. The minimum Gasteiger partial charge on any atom is -0.458 e. The summed E-state index contributed by atoms with van der Waals surface area (Å²) in [5.41, 5.74) is -0.644. The van der Waals surface area contributed by atoms with Gasteiger partial charge in [-0.2, -0.15) is 0 Å². The molecule has 2 heterocycles. The number of hydrogen-bond donors (Lipinski definition) is 2. The number of fused-ring (bicyclic) bond motifs is 5. The van der Waals surface area contributed by atoms with Gasteiger partial charge >= 0.3 is 11.9 Å². The van der Waals surface area contributed by atoms with Crippen LogP contribution < -0.4 is 0 Å².